The summed E-state index contributed by atoms with van der Waals surface area (Å²) in [5.74, 6) is -0.542. The first-order valence-corrected chi connectivity index (χ1v) is 5.33. The number of hydrogen-bond donors (Lipinski definition) is 3. The van der Waals surface area contributed by atoms with Crippen LogP contribution in [-0.2, 0) is 4.79 Å². The van der Waals surface area contributed by atoms with Gasteiger partial charge in [-0.25, -0.2) is 4.98 Å². The number of amides is 1. The quantitative estimate of drug-likeness (QED) is 0.727. The fraction of sp³-hybridized carbons (Fsp3) is 0.0833. The van der Waals surface area contributed by atoms with Gasteiger partial charge >= 0.3 is 0 Å². The average Bonchev–Trinajstić information content (AvgIpc) is 2.41. The number of hydrogen-bond acceptors (Lipinski definition) is 4. The Bertz CT molecular complexity index is 594. The standard InChI is InChI=1S/C12H12N4O2/c13-9(8-4-2-1-3-5-8)11(17)16-10-12(18)15-7-6-14-10/h1-7,9H,13H2,(H,15,18)(H,14,16,17). The number of anilines is 1. The number of aromatic amines is 1. The van der Waals surface area contributed by atoms with E-state index in [1.165, 1.54) is 12.4 Å². The molecule has 1 unspecified atom stereocenters. The van der Waals surface area contributed by atoms with Crippen molar-refractivity contribution < 1.29 is 4.79 Å². The van der Waals surface area contributed by atoms with Crippen LogP contribution >= 0.6 is 0 Å². The van der Waals surface area contributed by atoms with Gasteiger partial charge in [0.05, 0.1) is 0 Å². The minimum atomic E-state index is -0.840. The molecule has 92 valence electrons. The Balaban J connectivity index is 2.14. The van der Waals surface area contributed by atoms with Crippen LogP contribution in [0.4, 0.5) is 5.82 Å². The number of nitrogens with two attached hydrogens (primary N) is 1. The third-order valence-corrected chi connectivity index (χ3v) is 2.39. The van der Waals surface area contributed by atoms with Gasteiger partial charge in [0.15, 0.2) is 5.82 Å². The molecule has 6 nitrogen and oxygen atoms in total. The molecular formula is C12H12N4O2. The van der Waals surface area contributed by atoms with E-state index in [-0.39, 0.29) is 5.82 Å². The first-order chi connectivity index (χ1) is 8.68. The van der Waals surface area contributed by atoms with Gasteiger partial charge in [-0.15, -0.1) is 0 Å². The molecule has 1 heterocycles. The second-order valence-electron chi connectivity index (χ2n) is 3.64. The van der Waals surface area contributed by atoms with Gasteiger partial charge in [-0.3, -0.25) is 9.59 Å². The summed E-state index contributed by atoms with van der Waals surface area (Å²) < 4.78 is 0. The van der Waals surface area contributed by atoms with Crippen molar-refractivity contribution in [3.63, 3.8) is 0 Å². The molecule has 4 N–H and O–H groups in total. The monoisotopic (exact) mass is 244 g/mol. The van der Waals surface area contributed by atoms with Gasteiger partial charge in [-0.1, -0.05) is 30.3 Å². The Morgan fingerprint density at radius 1 is 1.33 bits per heavy atom. The molecule has 1 aromatic carbocycles. The highest BCUT2D eigenvalue weighted by Gasteiger charge is 2.16. The fourth-order valence-corrected chi connectivity index (χ4v) is 1.45. The fourth-order valence-electron chi connectivity index (χ4n) is 1.45. The molecule has 1 atom stereocenters. The van der Waals surface area contributed by atoms with E-state index in [1.807, 2.05) is 6.07 Å². The summed E-state index contributed by atoms with van der Waals surface area (Å²) in [5, 5.41) is 2.39. The maximum Gasteiger partial charge on any atom is 0.291 e. The minimum Gasteiger partial charge on any atom is -0.324 e. The highest BCUT2D eigenvalue weighted by molar-refractivity contribution is 5.94. The number of benzene rings is 1. The van der Waals surface area contributed by atoms with Crippen LogP contribution in [0.15, 0.2) is 47.5 Å². The van der Waals surface area contributed by atoms with Crippen LogP contribution in [0.2, 0.25) is 0 Å². The molecule has 6 heteroatoms. The normalized spacial score (nSPS) is 11.8. The Labute approximate surface area is 103 Å². The Hall–Kier alpha value is -2.47. The van der Waals surface area contributed by atoms with Crippen molar-refractivity contribution in [3.8, 4) is 0 Å². The van der Waals surface area contributed by atoms with Crippen LogP contribution in [0, 0.1) is 0 Å². The van der Waals surface area contributed by atoms with E-state index in [1.54, 1.807) is 24.3 Å². The molecule has 2 rings (SSSR count). The maximum absolute atomic E-state index is 11.8. The minimum absolute atomic E-state index is 0.0612. The van der Waals surface area contributed by atoms with E-state index in [0.29, 0.717) is 5.56 Å². The van der Waals surface area contributed by atoms with Crippen molar-refractivity contribution in [2.45, 2.75) is 6.04 Å². The number of nitrogens with one attached hydrogen (secondary N) is 2. The summed E-state index contributed by atoms with van der Waals surface area (Å²) in [4.78, 5) is 29.3. The lowest BCUT2D eigenvalue weighted by molar-refractivity contribution is -0.117. The molecule has 0 radical (unpaired) electrons. The lowest BCUT2D eigenvalue weighted by atomic mass is 10.1. The van der Waals surface area contributed by atoms with Crippen LogP contribution in [0.25, 0.3) is 0 Å². The zero-order valence-corrected chi connectivity index (χ0v) is 9.46. The van der Waals surface area contributed by atoms with Gasteiger partial charge in [0.2, 0.25) is 5.91 Å². The van der Waals surface area contributed by atoms with Crippen molar-refractivity contribution >= 4 is 11.7 Å². The number of carbonyl (C=O) groups is 1. The molecule has 0 fully saturated rings. The number of rotatable bonds is 3. The van der Waals surface area contributed by atoms with Gasteiger partial charge in [0, 0.05) is 12.4 Å². The smallest absolute Gasteiger partial charge is 0.291 e. The average molecular weight is 244 g/mol. The van der Waals surface area contributed by atoms with Crippen LogP contribution in [0.5, 0.6) is 0 Å². The number of aromatic nitrogens is 2. The first-order valence-electron chi connectivity index (χ1n) is 5.33. The van der Waals surface area contributed by atoms with Gasteiger partial charge < -0.3 is 16.0 Å². The molecule has 0 aliphatic carbocycles. The molecular weight excluding hydrogens is 232 g/mol. The molecule has 0 saturated carbocycles. The van der Waals surface area contributed by atoms with Gasteiger partial charge in [0.1, 0.15) is 6.04 Å². The Morgan fingerprint density at radius 2 is 2.06 bits per heavy atom. The van der Waals surface area contributed by atoms with E-state index in [0.717, 1.165) is 0 Å². The van der Waals surface area contributed by atoms with E-state index < -0.39 is 17.5 Å². The maximum atomic E-state index is 11.8. The van der Waals surface area contributed by atoms with Gasteiger partial charge in [0.25, 0.3) is 5.56 Å². The summed E-state index contributed by atoms with van der Waals surface area (Å²) in [6.45, 7) is 0. The van der Waals surface area contributed by atoms with Gasteiger partial charge in [-0.05, 0) is 5.56 Å². The lowest BCUT2D eigenvalue weighted by Gasteiger charge is -2.11. The molecule has 0 bridgehead atoms. The van der Waals surface area contributed by atoms with Crippen molar-refractivity contribution in [1.82, 2.24) is 9.97 Å². The zero-order valence-electron chi connectivity index (χ0n) is 9.46. The lowest BCUT2D eigenvalue weighted by Crippen LogP contribution is -2.30. The Kier molecular flexibility index (Phi) is 3.49. The van der Waals surface area contributed by atoms with E-state index in [2.05, 4.69) is 15.3 Å². The third kappa shape index (κ3) is 2.61. The summed E-state index contributed by atoms with van der Waals surface area (Å²) in [5.41, 5.74) is 5.99. The summed E-state index contributed by atoms with van der Waals surface area (Å²) in [7, 11) is 0. The SMILES string of the molecule is NC(C(=O)Nc1ncc[nH]c1=O)c1ccccc1. The summed E-state index contributed by atoms with van der Waals surface area (Å²) in [6.07, 6.45) is 2.76. The van der Waals surface area contributed by atoms with Crippen LogP contribution in [-0.4, -0.2) is 15.9 Å². The second-order valence-corrected chi connectivity index (χ2v) is 3.64. The topological polar surface area (TPSA) is 101 Å². The van der Waals surface area contributed by atoms with Gasteiger partial charge in [-0.2, -0.15) is 0 Å². The highest BCUT2D eigenvalue weighted by atomic mass is 16.2. The summed E-state index contributed by atoms with van der Waals surface area (Å²) >= 11 is 0. The molecule has 0 aliphatic heterocycles. The highest BCUT2D eigenvalue weighted by Crippen LogP contribution is 2.10. The largest absolute Gasteiger partial charge is 0.324 e. The summed E-state index contributed by atoms with van der Waals surface area (Å²) in [6, 6.07) is 8.05. The molecule has 0 spiro atoms. The molecule has 1 amide bonds. The second kappa shape index (κ2) is 5.24. The zero-order chi connectivity index (χ0) is 13.0. The van der Waals surface area contributed by atoms with Crippen molar-refractivity contribution in [3.05, 3.63) is 58.6 Å². The van der Waals surface area contributed by atoms with E-state index in [9.17, 15) is 9.59 Å². The predicted molar refractivity (Wildman–Crippen MR) is 66.9 cm³/mol. The molecule has 0 saturated heterocycles. The van der Waals surface area contributed by atoms with Crippen LogP contribution in [0.3, 0.4) is 0 Å². The van der Waals surface area contributed by atoms with Crippen LogP contribution < -0.4 is 16.6 Å². The number of carbonyl (C=O) groups excluding carboxylic acids is 1. The third-order valence-electron chi connectivity index (χ3n) is 2.39. The van der Waals surface area contributed by atoms with Crippen LogP contribution in [0.1, 0.15) is 11.6 Å². The van der Waals surface area contributed by atoms with Crippen molar-refractivity contribution in [2.24, 2.45) is 5.73 Å². The molecule has 18 heavy (non-hydrogen) atoms. The molecule has 0 aliphatic rings. The Morgan fingerprint density at radius 3 is 2.72 bits per heavy atom. The van der Waals surface area contributed by atoms with E-state index in [4.69, 9.17) is 5.73 Å². The predicted octanol–water partition coefficient (Wildman–Crippen LogP) is 0.408. The van der Waals surface area contributed by atoms with Crippen molar-refractivity contribution in [2.75, 3.05) is 5.32 Å². The molecule has 1 aromatic heterocycles. The first kappa shape index (κ1) is 12.0. The number of nitrogens with zero attached hydrogens (tertiary/aromatic N) is 1. The van der Waals surface area contributed by atoms with E-state index >= 15 is 0 Å². The molecule has 2 aromatic rings. The number of H-pyrrole nitrogens is 1. The van der Waals surface area contributed by atoms with Crippen molar-refractivity contribution in [1.29, 1.82) is 0 Å².